The summed E-state index contributed by atoms with van der Waals surface area (Å²) in [6, 6.07) is 5.88. The van der Waals surface area contributed by atoms with E-state index in [-0.39, 0.29) is 12.6 Å². The molecule has 0 aliphatic rings. The third kappa shape index (κ3) is 4.15. The number of nitrogen functional groups attached to an aromatic ring is 1. The van der Waals surface area contributed by atoms with Gasteiger partial charge in [0.05, 0.1) is 18.0 Å². The van der Waals surface area contributed by atoms with Gasteiger partial charge in [-0.2, -0.15) is 0 Å². The molecule has 1 atom stereocenters. The molecule has 0 saturated heterocycles. The molecule has 4 heteroatoms. The molecule has 4 nitrogen and oxygen atoms in total. The van der Waals surface area contributed by atoms with Gasteiger partial charge < -0.3 is 20.9 Å². The highest BCUT2D eigenvalue weighted by Gasteiger charge is 2.08. The number of aliphatic hydroxyl groups is 1. The normalized spacial score (nSPS) is 12.2. The van der Waals surface area contributed by atoms with E-state index in [0.717, 1.165) is 12.1 Å². The van der Waals surface area contributed by atoms with Crippen molar-refractivity contribution in [2.24, 2.45) is 0 Å². The lowest BCUT2D eigenvalue weighted by Crippen LogP contribution is -2.17. The van der Waals surface area contributed by atoms with Gasteiger partial charge in [-0.05, 0) is 31.9 Å². The predicted molar refractivity (Wildman–Crippen MR) is 71.4 cm³/mol. The number of hydrogen-bond acceptors (Lipinski definition) is 4. The summed E-state index contributed by atoms with van der Waals surface area (Å²) in [5.74, 6) is 0.716. The standard InChI is InChI=1S/C13H22N2O2/c1-3-9-17-12-6-4-5-11(13(12)14)15-10(2)7-8-16/h4-6,10,15-16H,3,7-9,14H2,1-2H3. The molecule has 1 rings (SSSR count). The van der Waals surface area contributed by atoms with Crippen LogP contribution in [0.5, 0.6) is 5.75 Å². The number of ether oxygens (including phenoxy) is 1. The predicted octanol–water partition coefficient (Wildman–Crippen LogP) is 2.24. The summed E-state index contributed by atoms with van der Waals surface area (Å²) in [5.41, 5.74) is 7.51. The Morgan fingerprint density at radius 2 is 2.24 bits per heavy atom. The van der Waals surface area contributed by atoms with E-state index < -0.39 is 0 Å². The summed E-state index contributed by atoms with van der Waals surface area (Å²) in [7, 11) is 0. The highest BCUT2D eigenvalue weighted by Crippen LogP contribution is 2.30. The Kier molecular flexibility index (Phi) is 5.63. The van der Waals surface area contributed by atoms with E-state index in [1.165, 1.54) is 0 Å². The molecule has 0 radical (unpaired) electrons. The van der Waals surface area contributed by atoms with Crippen molar-refractivity contribution < 1.29 is 9.84 Å². The van der Waals surface area contributed by atoms with Gasteiger partial charge >= 0.3 is 0 Å². The minimum absolute atomic E-state index is 0.167. The van der Waals surface area contributed by atoms with Gasteiger partial charge in [-0.1, -0.05) is 13.0 Å². The Labute approximate surface area is 103 Å². The minimum Gasteiger partial charge on any atom is -0.491 e. The van der Waals surface area contributed by atoms with E-state index in [0.29, 0.717) is 24.5 Å². The van der Waals surface area contributed by atoms with Gasteiger partial charge in [-0.3, -0.25) is 0 Å². The summed E-state index contributed by atoms with van der Waals surface area (Å²) in [6.07, 6.45) is 1.65. The molecule has 0 amide bonds. The topological polar surface area (TPSA) is 67.5 Å². The zero-order valence-corrected chi connectivity index (χ0v) is 10.6. The Morgan fingerprint density at radius 1 is 1.47 bits per heavy atom. The van der Waals surface area contributed by atoms with Crippen LogP contribution in [0.3, 0.4) is 0 Å². The third-order valence-electron chi connectivity index (χ3n) is 2.49. The summed E-state index contributed by atoms with van der Waals surface area (Å²) >= 11 is 0. The van der Waals surface area contributed by atoms with Crippen LogP contribution in [0.4, 0.5) is 11.4 Å². The van der Waals surface area contributed by atoms with E-state index >= 15 is 0 Å². The number of rotatable bonds is 7. The van der Waals surface area contributed by atoms with E-state index in [9.17, 15) is 0 Å². The van der Waals surface area contributed by atoms with Crippen LogP contribution in [0.2, 0.25) is 0 Å². The molecule has 1 aromatic carbocycles. The van der Waals surface area contributed by atoms with Crippen molar-refractivity contribution in [2.45, 2.75) is 32.7 Å². The van der Waals surface area contributed by atoms with E-state index in [1.807, 2.05) is 25.1 Å². The zero-order valence-electron chi connectivity index (χ0n) is 10.6. The van der Waals surface area contributed by atoms with Crippen molar-refractivity contribution in [3.8, 4) is 5.75 Å². The van der Waals surface area contributed by atoms with Gasteiger partial charge in [0.2, 0.25) is 0 Å². The van der Waals surface area contributed by atoms with Crippen LogP contribution in [0.1, 0.15) is 26.7 Å². The zero-order chi connectivity index (χ0) is 12.7. The van der Waals surface area contributed by atoms with Crippen LogP contribution >= 0.6 is 0 Å². The molecule has 4 N–H and O–H groups in total. The van der Waals surface area contributed by atoms with E-state index in [1.54, 1.807) is 0 Å². The molecule has 96 valence electrons. The van der Waals surface area contributed by atoms with Crippen LogP contribution < -0.4 is 15.8 Å². The van der Waals surface area contributed by atoms with Crippen LogP contribution in [0.25, 0.3) is 0 Å². The molecule has 0 saturated carbocycles. The minimum atomic E-state index is 0.167. The molecule has 0 fully saturated rings. The van der Waals surface area contributed by atoms with Gasteiger partial charge in [-0.25, -0.2) is 0 Å². The highest BCUT2D eigenvalue weighted by molar-refractivity contribution is 5.73. The monoisotopic (exact) mass is 238 g/mol. The first-order chi connectivity index (χ1) is 8.19. The Balaban J connectivity index is 2.72. The smallest absolute Gasteiger partial charge is 0.144 e. The molecule has 0 heterocycles. The molecular weight excluding hydrogens is 216 g/mol. The molecule has 0 aliphatic carbocycles. The number of aliphatic hydroxyl groups excluding tert-OH is 1. The summed E-state index contributed by atoms with van der Waals surface area (Å²) in [6.45, 7) is 4.90. The summed E-state index contributed by atoms with van der Waals surface area (Å²) < 4.78 is 5.55. The Hall–Kier alpha value is -1.42. The van der Waals surface area contributed by atoms with Gasteiger partial charge in [0.25, 0.3) is 0 Å². The summed E-state index contributed by atoms with van der Waals surface area (Å²) in [4.78, 5) is 0. The maximum Gasteiger partial charge on any atom is 0.144 e. The van der Waals surface area contributed by atoms with Gasteiger partial charge in [-0.15, -0.1) is 0 Å². The largest absolute Gasteiger partial charge is 0.491 e. The molecule has 0 aliphatic heterocycles. The molecule has 1 unspecified atom stereocenters. The van der Waals surface area contributed by atoms with E-state index in [2.05, 4.69) is 12.2 Å². The maximum atomic E-state index is 8.86. The Morgan fingerprint density at radius 3 is 2.88 bits per heavy atom. The fourth-order valence-electron chi connectivity index (χ4n) is 1.54. The molecule has 17 heavy (non-hydrogen) atoms. The molecule has 0 spiro atoms. The number of benzene rings is 1. The van der Waals surface area contributed by atoms with Crippen molar-refractivity contribution in [3.63, 3.8) is 0 Å². The van der Waals surface area contributed by atoms with Crippen LogP contribution in [0.15, 0.2) is 18.2 Å². The second-order valence-electron chi connectivity index (χ2n) is 4.12. The lowest BCUT2D eigenvalue weighted by Gasteiger charge is -2.17. The highest BCUT2D eigenvalue weighted by atomic mass is 16.5. The van der Waals surface area contributed by atoms with Gasteiger partial charge in [0.1, 0.15) is 5.75 Å². The van der Waals surface area contributed by atoms with Crippen LogP contribution in [-0.4, -0.2) is 24.4 Å². The second-order valence-corrected chi connectivity index (χ2v) is 4.12. The van der Waals surface area contributed by atoms with Crippen molar-refractivity contribution in [1.29, 1.82) is 0 Å². The number of nitrogens with two attached hydrogens (primary N) is 1. The average Bonchev–Trinajstić information content (AvgIpc) is 2.30. The fraction of sp³-hybridized carbons (Fsp3) is 0.538. The first-order valence-corrected chi connectivity index (χ1v) is 6.07. The van der Waals surface area contributed by atoms with E-state index in [4.69, 9.17) is 15.6 Å². The summed E-state index contributed by atoms with van der Waals surface area (Å²) in [5, 5.41) is 12.1. The van der Waals surface area contributed by atoms with Crippen molar-refractivity contribution in [3.05, 3.63) is 18.2 Å². The lowest BCUT2D eigenvalue weighted by molar-refractivity contribution is 0.282. The third-order valence-corrected chi connectivity index (χ3v) is 2.49. The number of para-hydroxylation sites is 1. The van der Waals surface area contributed by atoms with Crippen molar-refractivity contribution in [1.82, 2.24) is 0 Å². The maximum absolute atomic E-state index is 8.86. The van der Waals surface area contributed by atoms with Crippen LogP contribution in [-0.2, 0) is 0 Å². The van der Waals surface area contributed by atoms with Crippen LogP contribution in [0, 0.1) is 0 Å². The molecular formula is C13H22N2O2. The van der Waals surface area contributed by atoms with Crippen molar-refractivity contribution >= 4 is 11.4 Å². The quantitative estimate of drug-likeness (QED) is 0.637. The average molecular weight is 238 g/mol. The molecule has 0 aromatic heterocycles. The SMILES string of the molecule is CCCOc1cccc(NC(C)CCO)c1N. The number of hydrogen-bond donors (Lipinski definition) is 3. The molecule has 1 aromatic rings. The fourth-order valence-corrected chi connectivity index (χ4v) is 1.54. The number of nitrogens with one attached hydrogen (secondary N) is 1. The lowest BCUT2D eigenvalue weighted by atomic mass is 10.2. The first-order valence-electron chi connectivity index (χ1n) is 6.07. The van der Waals surface area contributed by atoms with Gasteiger partial charge in [0, 0.05) is 12.6 Å². The van der Waals surface area contributed by atoms with Crippen molar-refractivity contribution in [2.75, 3.05) is 24.3 Å². The molecule has 0 bridgehead atoms. The Bertz CT molecular complexity index is 342. The number of anilines is 2. The first kappa shape index (κ1) is 13.6. The second kappa shape index (κ2) is 7.01. The van der Waals surface area contributed by atoms with Gasteiger partial charge in [0.15, 0.2) is 0 Å².